The Balaban J connectivity index is 1.41. The van der Waals surface area contributed by atoms with Crippen LogP contribution in [0.2, 0.25) is 0 Å². The molecule has 4 nitrogen and oxygen atoms in total. The van der Waals surface area contributed by atoms with Gasteiger partial charge in [-0.25, -0.2) is 4.98 Å². The standard InChI is InChI=1S/C22H26N4/c1-18-23-11-13-26(18)17-20-7-5-12-25(16-20)15-19-6-4-8-21(14-19)22-9-2-3-10-24-22/h2-4,6,8-11,13-14,20H,5,7,12,15-17H2,1H3/t20-/m1/s1. The van der Waals surface area contributed by atoms with Crippen LogP contribution >= 0.6 is 0 Å². The van der Waals surface area contributed by atoms with Gasteiger partial charge in [-0.05, 0) is 56.0 Å². The Labute approximate surface area is 155 Å². The predicted molar refractivity (Wildman–Crippen MR) is 105 cm³/mol. The van der Waals surface area contributed by atoms with E-state index in [4.69, 9.17) is 0 Å². The number of hydrogen-bond acceptors (Lipinski definition) is 3. The molecule has 0 bridgehead atoms. The molecule has 1 atom stereocenters. The number of likely N-dealkylation sites (tertiary alicyclic amines) is 1. The molecule has 1 fully saturated rings. The maximum atomic E-state index is 4.48. The van der Waals surface area contributed by atoms with E-state index in [1.165, 1.54) is 30.5 Å². The van der Waals surface area contributed by atoms with Gasteiger partial charge < -0.3 is 4.57 Å². The van der Waals surface area contributed by atoms with E-state index in [1.54, 1.807) is 0 Å². The summed E-state index contributed by atoms with van der Waals surface area (Å²) in [6, 6.07) is 14.9. The number of piperidine rings is 1. The minimum Gasteiger partial charge on any atom is -0.335 e. The third-order valence-corrected chi connectivity index (χ3v) is 5.28. The van der Waals surface area contributed by atoms with Crippen molar-refractivity contribution >= 4 is 0 Å². The minimum atomic E-state index is 0.704. The van der Waals surface area contributed by atoms with Crippen LogP contribution in [0.25, 0.3) is 11.3 Å². The third kappa shape index (κ3) is 4.02. The largest absolute Gasteiger partial charge is 0.335 e. The number of aryl methyl sites for hydroxylation is 1. The van der Waals surface area contributed by atoms with E-state index in [2.05, 4.69) is 62.9 Å². The maximum absolute atomic E-state index is 4.48. The monoisotopic (exact) mass is 346 g/mol. The first-order valence-electron chi connectivity index (χ1n) is 9.48. The molecule has 4 heteroatoms. The van der Waals surface area contributed by atoms with E-state index in [9.17, 15) is 0 Å². The molecule has 0 unspecified atom stereocenters. The van der Waals surface area contributed by atoms with Crippen LogP contribution in [-0.2, 0) is 13.1 Å². The predicted octanol–water partition coefficient (Wildman–Crippen LogP) is 4.17. The Kier molecular flexibility index (Phi) is 5.12. The molecular formula is C22H26N4. The Morgan fingerprint density at radius 2 is 2.04 bits per heavy atom. The molecule has 26 heavy (non-hydrogen) atoms. The van der Waals surface area contributed by atoms with Gasteiger partial charge in [0.25, 0.3) is 0 Å². The summed E-state index contributed by atoms with van der Waals surface area (Å²) in [7, 11) is 0. The zero-order chi connectivity index (χ0) is 17.8. The zero-order valence-corrected chi connectivity index (χ0v) is 15.4. The highest BCUT2D eigenvalue weighted by atomic mass is 15.1. The van der Waals surface area contributed by atoms with Gasteiger partial charge in [-0.15, -0.1) is 0 Å². The van der Waals surface area contributed by atoms with Crippen LogP contribution in [0.1, 0.15) is 24.2 Å². The second-order valence-corrected chi connectivity index (χ2v) is 7.29. The second kappa shape index (κ2) is 7.83. The molecule has 0 saturated carbocycles. The Morgan fingerprint density at radius 1 is 1.08 bits per heavy atom. The number of aromatic nitrogens is 3. The van der Waals surface area contributed by atoms with Crippen molar-refractivity contribution in [2.24, 2.45) is 5.92 Å². The van der Waals surface area contributed by atoms with E-state index >= 15 is 0 Å². The van der Waals surface area contributed by atoms with Crippen LogP contribution in [0.4, 0.5) is 0 Å². The average molecular weight is 346 g/mol. The van der Waals surface area contributed by atoms with Crippen LogP contribution in [0.5, 0.6) is 0 Å². The quantitative estimate of drug-likeness (QED) is 0.695. The smallest absolute Gasteiger partial charge is 0.105 e. The molecular weight excluding hydrogens is 320 g/mol. The van der Waals surface area contributed by atoms with E-state index in [1.807, 2.05) is 24.5 Å². The molecule has 4 rings (SSSR count). The van der Waals surface area contributed by atoms with Gasteiger partial charge in [-0.3, -0.25) is 9.88 Å². The van der Waals surface area contributed by atoms with Gasteiger partial charge in [0.1, 0.15) is 5.82 Å². The van der Waals surface area contributed by atoms with Crippen molar-refractivity contribution in [2.75, 3.05) is 13.1 Å². The summed E-state index contributed by atoms with van der Waals surface area (Å²) in [5.74, 6) is 1.82. The molecule has 134 valence electrons. The lowest BCUT2D eigenvalue weighted by molar-refractivity contribution is 0.155. The van der Waals surface area contributed by atoms with Crippen molar-refractivity contribution in [3.05, 3.63) is 72.4 Å². The molecule has 3 aromatic rings. The summed E-state index contributed by atoms with van der Waals surface area (Å²) in [6.07, 6.45) is 8.44. The average Bonchev–Trinajstić information content (AvgIpc) is 3.08. The molecule has 1 aliphatic rings. The van der Waals surface area contributed by atoms with E-state index < -0.39 is 0 Å². The highest BCUT2D eigenvalue weighted by Crippen LogP contribution is 2.23. The molecule has 0 aliphatic carbocycles. The maximum Gasteiger partial charge on any atom is 0.105 e. The zero-order valence-electron chi connectivity index (χ0n) is 15.4. The van der Waals surface area contributed by atoms with Gasteiger partial charge in [-0.1, -0.05) is 24.3 Å². The molecule has 3 heterocycles. The minimum absolute atomic E-state index is 0.704. The number of rotatable bonds is 5. The highest BCUT2D eigenvalue weighted by molar-refractivity contribution is 5.59. The fourth-order valence-corrected chi connectivity index (χ4v) is 3.94. The van der Waals surface area contributed by atoms with E-state index in [0.29, 0.717) is 5.92 Å². The van der Waals surface area contributed by atoms with Crippen molar-refractivity contribution in [2.45, 2.75) is 32.9 Å². The molecule has 0 spiro atoms. The van der Waals surface area contributed by atoms with Crippen LogP contribution in [0.3, 0.4) is 0 Å². The van der Waals surface area contributed by atoms with Crippen molar-refractivity contribution in [1.29, 1.82) is 0 Å². The van der Waals surface area contributed by atoms with Gasteiger partial charge in [0, 0.05) is 43.8 Å². The summed E-state index contributed by atoms with van der Waals surface area (Å²) in [5.41, 5.74) is 3.61. The van der Waals surface area contributed by atoms with Gasteiger partial charge >= 0.3 is 0 Å². The lowest BCUT2D eigenvalue weighted by Crippen LogP contribution is -2.36. The topological polar surface area (TPSA) is 34.0 Å². The molecule has 1 saturated heterocycles. The highest BCUT2D eigenvalue weighted by Gasteiger charge is 2.20. The number of hydrogen-bond donors (Lipinski definition) is 0. The molecule has 0 radical (unpaired) electrons. The summed E-state index contributed by atoms with van der Waals surface area (Å²) < 4.78 is 2.29. The fourth-order valence-electron chi connectivity index (χ4n) is 3.94. The third-order valence-electron chi connectivity index (χ3n) is 5.28. The Bertz CT molecular complexity index is 840. The lowest BCUT2D eigenvalue weighted by atomic mass is 9.97. The van der Waals surface area contributed by atoms with E-state index in [-0.39, 0.29) is 0 Å². The van der Waals surface area contributed by atoms with Crippen LogP contribution < -0.4 is 0 Å². The normalized spacial score (nSPS) is 18.1. The first-order chi connectivity index (χ1) is 12.8. The van der Waals surface area contributed by atoms with Crippen molar-refractivity contribution in [1.82, 2.24) is 19.4 Å². The first kappa shape index (κ1) is 17.0. The summed E-state index contributed by atoms with van der Waals surface area (Å²) in [4.78, 5) is 11.4. The van der Waals surface area contributed by atoms with Crippen molar-refractivity contribution in [3.63, 3.8) is 0 Å². The fraction of sp³-hybridized carbons (Fsp3) is 0.364. The Hall–Kier alpha value is -2.46. The second-order valence-electron chi connectivity index (χ2n) is 7.29. The molecule has 0 amide bonds. The van der Waals surface area contributed by atoms with Crippen molar-refractivity contribution in [3.8, 4) is 11.3 Å². The van der Waals surface area contributed by atoms with Gasteiger partial charge in [0.15, 0.2) is 0 Å². The van der Waals surface area contributed by atoms with Gasteiger partial charge in [0.2, 0.25) is 0 Å². The van der Waals surface area contributed by atoms with E-state index in [0.717, 1.165) is 31.2 Å². The number of imidazole rings is 1. The first-order valence-corrected chi connectivity index (χ1v) is 9.48. The SMILES string of the molecule is Cc1nccn1C[C@@H]1CCCN(Cc2cccc(-c3ccccn3)c2)C1. The molecule has 2 aromatic heterocycles. The molecule has 1 aromatic carbocycles. The summed E-state index contributed by atoms with van der Waals surface area (Å²) >= 11 is 0. The number of nitrogens with zero attached hydrogens (tertiary/aromatic N) is 4. The summed E-state index contributed by atoms with van der Waals surface area (Å²) in [5, 5.41) is 0. The lowest BCUT2D eigenvalue weighted by Gasteiger charge is -2.33. The van der Waals surface area contributed by atoms with Crippen molar-refractivity contribution < 1.29 is 0 Å². The molecule has 1 aliphatic heterocycles. The van der Waals surface area contributed by atoms with Gasteiger partial charge in [0.05, 0.1) is 5.69 Å². The molecule has 0 N–H and O–H groups in total. The number of benzene rings is 1. The summed E-state index contributed by atoms with van der Waals surface area (Å²) in [6.45, 7) is 6.53. The number of pyridine rings is 1. The Morgan fingerprint density at radius 3 is 2.85 bits per heavy atom. The van der Waals surface area contributed by atoms with Crippen LogP contribution in [0.15, 0.2) is 61.1 Å². The van der Waals surface area contributed by atoms with Gasteiger partial charge in [-0.2, -0.15) is 0 Å². The van der Waals surface area contributed by atoms with Crippen LogP contribution in [0, 0.1) is 12.8 Å². The van der Waals surface area contributed by atoms with Crippen LogP contribution in [-0.4, -0.2) is 32.5 Å².